The van der Waals surface area contributed by atoms with E-state index < -0.39 is 20.2 Å². The molecule has 0 aliphatic heterocycles. The third-order valence-electron chi connectivity index (χ3n) is 3.52. The molecule has 6 heteroatoms. The minimum atomic E-state index is -4.41. The molecule has 0 atom stereocenters. The molecule has 1 rings (SSSR count). The van der Waals surface area contributed by atoms with Crippen molar-refractivity contribution in [1.82, 2.24) is 4.98 Å². The second-order valence-electron chi connectivity index (χ2n) is 6.10. The van der Waals surface area contributed by atoms with Gasteiger partial charge >= 0.3 is 6.18 Å². The Labute approximate surface area is 113 Å². The van der Waals surface area contributed by atoms with Gasteiger partial charge in [0.25, 0.3) is 0 Å². The Bertz CT molecular complexity index is 438. The fourth-order valence-electron chi connectivity index (χ4n) is 1.20. The summed E-state index contributed by atoms with van der Waals surface area (Å²) in [5, 5.41) is 0.0346. The maximum atomic E-state index is 12.5. The molecule has 0 N–H and O–H groups in total. The van der Waals surface area contributed by atoms with Crippen LogP contribution >= 0.6 is 0 Å². The third kappa shape index (κ3) is 4.31. The van der Waals surface area contributed by atoms with Crippen molar-refractivity contribution < 1.29 is 17.6 Å². The van der Waals surface area contributed by atoms with E-state index in [1.54, 1.807) is 6.07 Å². The predicted octanol–water partition coefficient (Wildman–Crippen LogP) is 4.62. The molecule has 0 fully saturated rings. The van der Waals surface area contributed by atoms with Gasteiger partial charge < -0.3 is 4.43 Å². The highest BCUT2D eigenvalue weighted by atomic mass is 28.4. The Kier molecular flexibility index (Phi) is 4.46. The molecule has 0 spiro atoms. The lowest BCUT2D eigenvalue weighted by molar-refractivity contribution is -0.141. The zero-order valence-corrected chi connectivity index (χ0v) is 12.9. The largest absolute Gasteiger partial charge is 0.433 e. The predicted molar refractivity (Wildman–Crippen MR) is 71.2 cm³/mol. The van der Waals surface area contributed by atoms with Gasteiger partial charge in [-0.15, -0.1) is 0 Å². The number of halogens is 3. The van der Waals surface area contributed by atoms with E-state index in [0.29, 0.717) is 5.56 Å². The van der Waals surface area contributed by atoms with Crippen molar-refractivity contribution in [3.05, 3.63) is 29.6 Å². The lowest BCUT2D eigenvalue weighted by Gasteiger charge is -2.36. The van der Waals surface area contributed by atoms with Gasteiger partial charge in [0, 0.05) is 6.20 Å². The van der Waals surface area contributed by atoms with Gasteiger partial charge in [-0.2, -0.15) is 13.2 Å². The van der Waals surface area contributed by atoms with Crippen molar-refractivity contribution in [3.63, 3.8) is 0 Å². The second-order valence-corrected chi connectivity index (χ2v) is 10.9. The Morgan fingerprint density at radius 2 is 1.79 bits per heavy atom. The van der Waals surface area contributed by atoms with E-state index in [1.165, 1.54) is 6.20 Å². The Morgan fingerprint density at radius 1 is 1.21 bits per heavy atom. The molecule has 0 amide bonds. The van der Waals surface area contributed by atoms with Crippen LogP contribution in [0.25, 0.3) is 0 Å². The van der Waals surface area contributed by atoms with E-state index in [4.69, 9.17) is 4.43 Å². The van der Waals surface area contributed by atoms with Gasteiger partial charge in [-0.05, 0) is 35.8 Å². The molecule has 0 aliphatic carbocycles. The minimum absolute atomic E-state index is 0.0346. The molecule has 0 bridgehead atoms. The Balaban J connectivity index is 2.80. The summed E-state index contributed by atoms with van der Waals surface area (Å²) in [6, 6.07) is 2.61. The molecule has 0 radical (unpaired) electrons. The second kappa shape index (κ2) is 5.24. The van der Waals surface area contributed by atoms with E-state index in [0.717, 1.165) is 6.07 Å². The van der Waals surface area contributed by atoms with Gasteiger partial charge in [0.05, 0.1) is 6.61 Å². The van der Waals surface area contributed by atoms with Crippen LogP contribution in [0.2, 0.25) is 18.1 Å². The van der Waals surface area contributed by atoms with Crippen LogP contribution in [-0.2, 0) is 17.2 Å². The molecule has 108 valence electrons. The van der Waals surface area contributed by atoms with Crippen molar-refractivity contribution >= 4 is 8.32 Å². The van der Waals surface area contributed by atoms with Gasteiger partial charge in [-0.3, -0.25) is 4.98 Å². The summed E-state index contributed by atoms with van der Waals surface area (Å²) in [5.41, 5.74) is -0.365. The summed E-state index contributed by atoms with van der Waals surface area (Å²) in [6.45, 7) is 10.6. The fourth-order valence-corrected chi connectivity index (χ4v) is 2.16. The van der Waals surface area contributed by atoms with E-state index in [2.05, 4.69) is 38.8 Å². The van der Waals surface area contributed by atoms with Crippen LogP contribution in [0.15, 0.2) is 18.3 Å². The van der Waals surface area contributed by atoms with Crippen LogP contribution in [0.4, 0.5) is 13.2 Å². The molecule has 0 aromatic carbocycles. The van der Waals surface area contributed by atoms with E-state index in [1.807, 2.05) is 0 Å². The number of aromatic nitrogens is 1. The SMILES string of the molecule is CC(C)(C)[Si](C)(C)OCc1ccnc(C(F)(F)F)c1. The highest BCUT2D eigenvalue weighted by molar-refractivity contribution is 6.74. The van der Waals surface area contributed by atoms with Crippen molar-refractivity contribution in [3.8, 4) is 0 Å². The summed E-state index contributed by atoms with van der Waals surface area (Å²) in [5.74, 6) is 0. The summed E-state index contributed by atoms with van der Waals surface area (Å²) < 4.78 is 43.5. The monoisotopic (exact) mass is 291 g/mol. The van der Waals surface area contributed by atoms with Gasteiger partial charge in [0.15, 0.2) is 8.32 Å². The summed E-state index contributed by atoms with van der Waals surface area (Å²) in [6.07, 6.45) is -3.24. The van der Waals surface area contributed by atoms with Crippen LogP contribution in [0.1, 0.15) is 32.0 Å². The van der Waals surface area contributed by atoms with Gasteiger partial charge in [0.2, 0.25) is 0 Å². The molecular formula is C13H20F3NOSi. The normalized spacial score (nSPS) is 13.7. The average Bonchev–Trinajstić information content (AvgIpc) is 2.24. The molecule has 19 heavy (non-hydrogen) atoms. The molecule has 1 aromatic heterocycles. The first-order chi connectivity index (χ1) is 8.43. The van der Waals surface area contributed by atoms with Crippen LogP contribution in [0.3, 0.4) is 0 Å². The Hall–Kier alpha value is -0.883. The first kappa shape index (κ1) is 16.2. The van der Waals surface area contributed by atoms with Crippen LogP contribution in [-0.4, -0.2) is 13.3 Å². The molecule has 1 heterocycles. The molecule has 0 unspecified atom stereocenters. The van der Waals surface area contributed by atoms with E-state index >= 15 is 0 Å². The van der Waals surface area contributed by atoms with Crippen molar-refractivity contribution in [2.24, 2.45) is 0 Å². The third-order valence-corrected chi connectivity index (χ3v) is 8.00. The van der Waals surface area contributed by atoms with Gasteiger partial charge in [0.1, 0.15) is 5.69 Å². The van der Waals surface area contributed by atoms with Crippen LogP contribution in [0, 0.1) is 0 Å². The van der Waals surface area contributed by atoms with Crippen molar-refractivity contribution in [2.45, 2.75) is 51.7 Å². The smallest absolute Gasteiger partial charge is 0.413 e. The van der Waals surface area contributed by atoms with E-state index in [9.17, 15) is 13.2 Å². The minimum Gasteiger partial charge on any atom is -0.413 e. The van der Waals surface area contributed by atoms with Crippen LogP contribution < -0.4 is 0 Å². The number of hydrogen-bond acceptors (Lipinski definition) is 2. The molecule has 1 aromatic rings. The molecule has 0 saturated heterocycles. The van der Waals surface area contributed by atoms with Crippen LogP contribution in [0.5, 0.6) is 0 Å². The first-order valence-corrected chi connectivity index (χ1v) is 9.00. The number of nitrogens with zero attached hydrogens (tertiary/aromatic N) is 1. The van der Waals surface area contributed by atoms with Gasteiger partial charge in [-0.1, -0.05) is 20.8 Å². The first-order valence-electron chi connectivity index (χ1n) is 6.09. The molecule has 0 saturated carbocycles. The lowest BCUT2D eigenvalue weighted by atomic mass is 10.2. The van der Waals surface area contributed by atoms with Gasteiger partial charge in [-0.25, -0.2) is 0 Å². The van der Waals surface area contributed by atoms with E-state index in [-0.39, 0.29) is 11.6 Å². The zero-order chi connectivity index (χ0) is 14.9. The highest BCUT2D eigenvalue weighted by Gasteiger charge is 2.37. The quantitative estimate of drug-likeness (QED) is 0.758. The molecule has 0 aliphatic rings. The number of rotatable bonds is 3. The Morgan fingerprint density at radius 3 is 2.26 bits per heavy atom. The fraction of sp³-hybridized carbons (Fsp3) is 0.615. The molecule has 2 nitrogen and oxygen atoms in total. The molecular weight excluding hydrogens is 271 g/mol. The maximum Gasteiger partial charge on any atom is 0.433 e. The highest BCUT2D eigenvalue weighted by Crippen LogP contribution is 2.37. The summed E-state index contributed by atoms with van der Waals surface area (Å²) >= 11 is 0. The summed E-state index contributed by atoms with van der Waals surface area (Å²) in [7, 11) is -1.95. The standard InChI is InChI=1S/C13H20F3NOSi/c1-12(2,3)19(4,5)18-9-10-6-7-17-11(8-10)13(14,15)16/h6-8H,9H2,1-5H3. The topological polar surface area (TPSA) is 22.1 Å². The lowest BCUT2D eigenvalue weighted by Crippen LogP contribution is -2.40. The zero-order valence-electron chi connectivity index (χ0n) is 11.9. The summed E-state index contributed by atoms with van der Waals surface area (Å²) in [4.78, 5) is 3.33. The number of alkyl halides is 3. The van der Waals surface area contributed by atoms with Crippen molar-refractivity contribution in [2.75, 3.05) is 0 Å². The maximum absolute atomic E-state index is 12.5. The van der Waals surface area contributed by atoms with Crippen molar-refractivity contribution in [1.29, 1.82) is 0 Å². The number of hydrogen-bond donors (Lipinski definition) is 0. The average molecular weight is 291 g/mol. The number of pyridine rings is 1.